The molecule has 2 rings (SSSR count). The van der Waals surface area contributed by atoms with Crippen molar-refractivity contribution in [1.29, 1.82) is 0 Å². The Morgan fingerprint density at radius 1 is 1.07 bits per heavy atom. The molecular weight excluding hydrogens is 380 g/mol. The molecule has 28 heavy (non-hydrogen) atoms. The molecular formula is C21H23ClN2O4. The number of carbonyl (C=O) groups excluding carboxylic acids is 2. The molecule has 1 unspecified atom stereocenters. The van der Waals surface area contributed by atoms with Crippen LogP contribution in [0.5, 0.6) is 0 Å². The van der Waals surface area contributed by atoms with Crippen molar-refractivity contribution in [3.63, 3.8) is 0 Å². The smallest absolute Gasteiger partial charge is 0.326 e. The summed E-state index contributed by atoms with van der Waals surface area (Å²) in [5.74, 6) is -1.70. The Labute approximate surface area is 168 Å². The molecule has 6 nitrogen and oxygen atoms in total. The van der Waals surface area contributed by atoms with E-state index < -0.39 is 17.9 Å². The molecule has 0 spiro atoms. The highest BCUT2D eigenvalue weighted by atomic mass is 35.5. The normalized spacial score (nSPS) is 11.7. The fourth-order valence-electron chi connectivity index (χ4n) is 2.73. The minimum Gasteiger partial charge on any atom is -0.480 e. The quantitative estimate of drug-likeness (QED) is 0.626. The van der Waals surface area contributed by atoms with Crippen LogP contribution in [0.15, 0.2) is 48.5 Å². The van der Waals surface area contributed by atoms with E-state index in [-0.39, 0.29) is 18.2 Å². The van der Waals surface area contributed by atoms with E-state index >= 15 is 0 Å². The van der Waals surface area contributed by atoms with Gasteiger partial charge in [-0.05, 0) is 42.2 Å². The Balaban J connectivity index is 2.09. The van der Waals surface area contributed by atoms with Gasteiger partial charge >= 0.3 is 5.97 Å². The molecule has 2 amide bonds. The summed E-state index contributed by atoms with van der Waals surface area (Å²) < 4.78 is 0. The molecule has 0 aromatic heterocycles. The van der Waals surface area contributed by atoms with Crippen LogP contribution in [0, 0.1) is 5.92 Å². The molecule has 0 aliphatic heterocycles. The van der Waals surface area contributed by atoms with Gasteiger partial charge in [0, 0.05) is 16.3 Å². The number of rotatable bonds is 8. The average molecular weight is 403 g/mol. The molecule has 7 heteroatoms. The zero-order valence-electron chi connectivity index (χ0n) is 15.7. The summed E-state index contributed by atoms with van der Waals surface area (Å²) >= 11 is 5.92. The van der Waals surface area contributed by atoms with Crippen molar-refractivity contribution in [2.24, 2.45) is 5.92 Å². The minimum absolute atomic E-state index is 0.0477. The van der Waals surface area contributed by atoms with Crippen LogP contribution in [0.1, 0.15) is 36.2 Å². The summed E-state index contributed by atoms with van der Waals surface area (Å²) in [7, 11) is 0. The molecule has 0 fully saturated rings. The van der Waals surface area contributed by atoms with Crippen molar-refractivity contribution in [2.75, 3.05) is 5.32 Å². The Hall–Kier alpha value is -2.86. The van der Waals surface area contributed by atoms with Gasteiger partial charge < -0.3 is 15.7 Å². The minimum atomic E-state index is -1.07. The predicted molar refractivity (Wildman–Crippen MR) is 109 cm³/mol. The highest BCUT2D eigenvalue weighted by Crippen LogP contribution is 2.18. The van der Waals surface area contributed by atoms with Crippen molar-refractivity contribution >= 4 is 35.1 Å². The first kappa shape index (κ1) is 21.4. The van der Waals surface area contributed by atoms with Gasteiger partial charge in [0.05, 0.1) is 6.42 Å². The number of amides is 2. The molecule has 2 aromatic rings. The molecule has 0 aliphatic rings. The number of benzene rings is 2. The van der Waals surface area contributed by atoms with Crippen molar-refractivity contribution in [3.8, 4) is 0 Å². The van der Waals surface area contributed by atoms with E-state index in [2.05, 4.69) is 10.6 Å². The zero-order chi connectivity index (χ0) is 20.7. The molecule has 0 heterocycles. The van der Waals surface area contributed by atoms with Crippen molar-refractivity contribution < 1.29 is 19.5 Å². The Morgan fingerprint density at radius 2 is 1.79 bits per heavy atom. The van der Waals surface area contributed by atoms with Gasteiger partial charge in [0.15, 0.2) is 0 Å². The summed E-state index contributed by atoms with van der Waals surface area (Å²) in [6.07, 6.45) is 0.294. The molecule has 0 radical (unpaired) electrons. The first-order valence-corrected chi connectivity index (χ1v) is 9.31. The van der Waals surface area contributed by atoms with E-state index in [0.29, 0.717) is 28.3 Å². The number of anilines is 1. The molecule has 0 bridgehead atoms. The van der Waals surface area contributed by atoms with Gasteiger partial charge in [-0.1, -0.05) is 49.7 Å². The number of hydrogen-bond donors (Lipinski definition) is 3. The average Bonchev–Trinajstić information content (AvgIpc) is 2.62. The molecule has 0 aliphatic carbocycles. The molecule has 0 saturated heterocycles. The van der Waals surface area contributed by atoms with Crippen molar-refractivity contribution in [2.45, 2.75) is 32.7 Å². The van der Waals surface area contributed by atoms with Gasteiger partial charge in [0.1, 0.15) is 6.04 Å². The zero-order valence-corrected chi connectivity index (χ0v) is 16.5. The Morgan fingerprint density at radius 3 is 2.43 bits per heavy atom. The lowest BCUT2D eigenvalue weighted by Crippen LogP contribution is -2.42. The van der Waals surface area contributed by atoms with E-state index in [1.807, 2.05) is 13.8 Å². The van der Waals surface area contributed by atoms with Crippen LogP contribution in [0.3, 0.4) is 0 Å². The predicted octanol–water partition coefficient (Wildman–Crippen LogP) is 3.75. The maximum Gasteiger partial charge on any atom is 0.326 e. The van der Waals surface area contributed by atoms with Crippen LogP contribution >= 0.6 is 11.6 Å². The van der Waals surface area contributed by atoms with E-state index in [1.54, 1.807) is 48.5 Å². The monoisotopic (exact) mass is 402 g/mol. The van der Waals surface area contributed by atoms with Gasteiger partial charge in [0.2, 0.25) is 5.91 Å². The van der Waals surface area contributed by atoms with Crippen LogP contribution in [-0.2, 0) is 16.0 Å². The van der Waals surface area contributed by atoms with Crippen LogP contribution in [-0.4, -0.2) is 28.9 Å². The lowest BCUT2D eigenvalue weighted by atomic mass is 10.0. The highest BCUT2D eigenvalue weighted by Gasteiger charge is 2.21. The number of nitrogens with one attached hydrogen (secondary N) is 2. The Kier molecular flexibility index (Phi) is 7.58. The largest absolute Gasteiger partial charge is 0.480 e. The third-order valence-corrected chi connectivity index (χ3v) is 4.28. The third kappa shape index (κ3) is 6.39. The number of carboxylic acids is 1. The van der Waals surface area contributed by atoms with Gasteiger partial charge in [-0.25, -0.2) is 4.79 Å². The maximum atomic E-state index is 12.4. The van der Waals surface area contributed by atoms with Gasteiger partial charge in [0.25, 0.3) is 5.91 Å². The lowest BCUT2D eigenvalue weighted by molar-refractivity contribution is -0.142. The van der Waals surface area contributed by atoms with Gasteiger partial charge in [-0.3, -0.25) is 9.59 Å². The summed E-state index contributed by atoms with van der Waals surface area (Å²) in [6.45, 7) is 3.78. The number of para-hydroxylation sites is 1. The second-order valence-corrected chi connectivity index (χ2v) is 7.32. The van der Waals surface area contributed by atoms with Crippen molar-refractivity contribution in [3.05, 3.63) is 64.7 Å². The van der Waals surface area contributed by atoms with Crippen molar-refractivity contribution in [1.82, 2.24) is 5.32 Å². The van der Waals surface area contributed by atoms with Crippen LogP contribution in [0.4, 0.5) is 5.69 Å². The highest BCUT2D eigenvalue weighted by molar-refractivity contribution is 6.31. The van der Waals surface area contributed by atoms with E-state index in [4.69, 9.17) is 11.6 Å². The first-order chi connectivity index (χ1) is 13.3. The fourth-order valence-corrected chi connectivity index (χ4v) is 2.92. The number of aliphatic carboxylic acids is 1. The summed E-state index contributed by atoms with van der Waals surface area (Å²) in [4.78, 5) is 36.1. The number of carbonyl (C=O) groups is 3. The summed E-state index contributed by atoms with van der Waals surface area (Å²) in [5.41, 5.74) is 1.47. The van der Waals surface area contributed by atoms with Crippen LogP contribution in [0.25, 0.3) is 0 Å². The SMILES string of the molecule is CC(C)CC(NC(=O)Cc1ccccc1NC(=O)c1cccc(Cl)c1)C(=O)O. The first-order valence-electron chi connectivity index (χ1n) is 8.93. The van der Waals surface area contributed by atoms with E-state index in [9.17, 15) is 19.5 Å². The third-order valence-electron chi connectivity index (χ3n) is 4.04. The van der Waals surface area contributed by atoms with Gasteiger partial charge in [-0.15, -0.1) is 0 Å². The molecule has 1 atom stereocenters. The van der Waals surface area contributed by atoms with Crippen LogP contribution < -0.4 is 10.6 Å². The lowest BCUT2D eigenvalue weighted by Gasteiger charge is -2.17. The van der Waals surface area contributed by atoms with Crippen LogP contribution in [0.2, 0.25) is 5.02 Å². The second kappa shape index (κ2) is 9.90. The number of hydrogen-bond acceptors (Lipinski definition) is 3. The number of carboxylic acid groups (broad SMARTS) is 1. The molecule has 2 aromatic carbocycles. The van der Waals surface area contributed by atoms with E-state index in [0.717, 1.165) is 0 Å². The fraction of sp³-hybridized carbons (Fsp3) is 0.286. The second-order valence-electron chi connectivity index (χ2n) is 6.89. The summed E-state index contributed by atoms with van der Waals surface area (Å²) in [5, 5.41) is 15.0. The molecule has 3 N–H and O–H groups in total. The maximum absolute atomic E-state index is 12.4. The molecule has 0 saturated carbocycles. The Bertz CT molecular complexity index is 867. The molecule has 148 valence electrons. The topological polar surface area (TPSA) is 95.5 Å². The standard InChI is InChI=1S/C21H23ClN2O4/c1-13(2)10-18(21(27)28)23-19(25)12-14-6-3-4-9-17(14)24-20(26)15-7-5-8-16(22)11-15/h3-9,11,13,18H,10,12H2,1-2H3,(H,23,25)(H,24,26)(H,27,28). The van der Waals surface area contributed by atoms with Gasteiger partial charge in [-0.2, -0.15) is 0 Å². The summed E-state index contributed by atoms with van der Waals surface area (Å²) in [6, 6.07) is 12.5. The number of halogens is 1. The van der Waals surface area contributed by atoms with E-state index in [1.165, 1.54) is 0 Å².